The van der Waals surface area contributed by atoms with Gasteiger partial charge in [0.1, 0.15) is 11.5 Å². The molecule has 1 heterocycles. The number of benzene rings is 1. The van der Waals surface area contributed by atoms with E-state index in [2.05, 4.69) is 12.2 Å². The van der Waals surface area contributed by atoms with Gasteiger partial charge in [0.15, 0.2) is 0 Å². The van der Waals surface area contributed by atoms with Gasteiger partial charge in [-0.2, -0.15) is 0 Å². The van der Waals surface area contributed by atoms with E-state index in [0.717, 1.165) is 16.4 Å². The van der Waals surface area contributed by atoms with Gasteiger partial charge in [-0.3, -0.25) is 4.21 Å². The average Bonchev–Trinajstić information content (AvgIpc) is 2.80. The zero-order valence-corrected chi connectivity index (χ0v) is 12.3. The second-order valence-electron chi connectivity index (χ2n) is 4.63. The van der Waals surface area contributed by atoms with Crippen molar-refractivity contribution in [1.29, 1.82) is 0 Å². The Morgan fingerprint density at radius 2 is 1.84 bits per heavy atom. The van der Waals surface area contributed by atoms with E-state index in [0.29, 0.717) is 12.3 Å². The summed E-state index contributed by atoms with van der Waals surface area (Å²) in [5.74, 6) is 2.06. The minimum atomic E-state index is -1.06. The summed E-state index contributed by atoms with van der Waals surface area (Å²) in [5, 5.41) is 3.03. The molecule has 0 saturated carbocycles. The van der Waals surface area contributed by atoms with Gasteiger partial charge in [-0.1, -0.05) is 6.07 Å². The fraction of sp³-hybridized carbons (Fsp3) is 0.333. The van der Waals surface area contributed by atoms with Gasteiger partial charge in [0.25, 0.3) is 0 Å². The van der Waals surface area contributed by atoms with Crippen LogP contribution in [0, 0.1) is 13.8 Å². The Labute approximate surface area is 116 Å². The highest BCUT2D eigenvalue weighted by Crippen LogP contribution is 2.17. The maximum Gasteiger partial charge on any atom is 0.117 e. The minimum Gasteiger partial charge on any atom is -0.464 e. The first-order valence-corrected chi connectivity index (χ1v) is 7.60. The monoisotopic (exact) mass is 277 g/mol. The van der Waals surface area contributed by atoms with Crippen LogP contribution in [-0.2, 0) is 23.1 Å². The summed E-state index contributed by atoms with van der Waals surface area (Å²) in [5.41, 5.74) is 2.39. The van der Waals surface area contributed by atoms with E-state index in [4.69, 9.17) is 4.42 Å². The summed E-state index contributed by atoms with van der Waals surface area (Å²) in [6.07, 6.45) is 0. The van der Waals surface area contributed by atoms with Crippen molar-refractivity contribution in [1.82, 2.24) is 5.32 Å². The van der Waals surface area contributed by atoms with E-state index in [1.165, 1.54) is 11.1 Å². The molecule has 1 unspecified atom stereocenters. The highest BCUT2D eigenvalue weighted by molar-refractivity contribution is 7.84. The van der Waals surface area contributed by atoms with E-state index in [9.17, 15) is 4.21 Å². The molecular weight excluding hydrogens is 258 g/mol. The smallest absolute Gasteiger partial charge is 0.117 e. The summed E-state index contributed by atoms with van der Waals surface area (Å²) >= 11 is 0. The van der Waals surface area contributed by atoms with Crippen molar-refractivity contribution in [2.75, 3.05) is 7.05 Å². The largest absolute Gasteiger partial charge is 0.464 e. The van der Waals surface area contributed by atoms with Crippen LogP contribution in [0.2, 0.25) is 0 Å². The maximum absolute atomic E-state index is 12.3. The molecule has 0 bridgehead atoms. The van der Waals surface area contributed by atoms with E-state index in [-0.39, 0.29) is 0 Å². The average molecular weight is 277 g/mol. The molecule has 0 fully saturated rings. The lowest BCUT2D eigenvalue weighted by atomic mass is 10.1. The molecule has 0 aliphatic carbocycles. The number of rotatable bonds is 5. The van der Waals surface area contributed by atoms with Crippen LogP contribution >= 0.6 is 0 Å². The van der Waals surface area contributed by atoms with Crippen molar-refractivity contribution in [2.24, 2.45) is 0 Å². The Morgan fingerprint density at radius 1 is 1.11 bits per heavy atom. The lowest BCUT2D eigenvalue weighted by Crippen LogP contribution is -2.03. The van der Waals surface area contributed by atoms with Crippen molar-refractivity contribution in [3.05, 3.63) is 53.0 Å². The van der Waals surface area contributed by atoms with E-state index < -0.39 is 10.8 Å². The number of hydrogen-bond donors (Lipinski definition) is 1. The topological polar surface area (TPSA) is 42.2 Å². The molecule has 2 aromatic rings. The molecule has 3 nitrogen and oxygen atoms in total. The first kappa shape index (κ1) is 14.0. The third kappa shape index (κ3) is 3.55. The van der Waals surface area contributed by atoms with Crippen molar-refractivity contribution < 1.29 is 8.63 Å². The summed E-state index contributed by atoms with van der Waals surface area (Å²) in [6.45, 7) is 4.78. The maximum atomic E-state index is 12.3. The molecular formula is C15H19NO2S. The zero-order valence-electron chi connectivity index (χ0n) is 11.5. The summed E-state index contributed by atoms with van der Waals surface area (Å²) < 4.78 is 17.9. The van der Waals surface area contributed by atoms with Crippen molar-refractivity contribution in [3.8, 4) is 0 Å². The lowest BCUT2D eigenvalue weighted by molar-refractivity contribution is 0.467. The molecule has 0 aliphatic heterocycles. The Balaban J connectivity index is 2.09. The van der Waals surface area contributed by atoms with Gasteiger partial charge >= 0.3 is 0 Å². The Hall–Kier alpha value is -1.39. The summed E-state index contributed by atoms with van der Waals surface area (Å²) in [4.78, 5) is 0.856. The predicted octanol–water partition coefficient (Wildman–Crippen LogP) is 2.92. The second-order valence-corrected chi connectivity index (χ2v) is 6.09. The fourth-order valence-electron chi connectivity index (χ4n) is 1.84. The molecule has 1 aromatic carbocycles. The first-order valence-electron chi connectivity index (χ1n) is 6.28. The zero-order chi connectivity index (χ0) is 13.8. The number of aryl methyl sites for hydroxylation is 2. The van der Waals surface area contributed by atoms with Gasteiger partial charge in [-0.25, -0.2) is 0 Å². The molecule has 2 rings (SSSR count). The van der Waals surface area contributed by atoms with Crippen LogP contribution < -0.4 is 5.32 Å². The molecule has 1 atom stereocenters. The van der Waals surface area contributed by atoms with Gasteiger partial charge in [0, 0.05) is 4.90 Å². The molecule has 19 heavy (non-hydrogen) atoms. The Morgan fingerprint density at radius 3 is 2.53 bits per heavy atom. The molecule has 0 spiro atoms. The predicted molar refractivity (Wildman–Crippen MR) is 77.5 cm³/mol. The summed E-state index contributed by atoms with van der Waals surface area (Å²) in [6, 6.07) is 9.74. The number of nitrogens with one attached hydrogen (secondary N) is 1. The summed E-state index contributed by atoms with van der Waals surface area (Å²) in [7, 11) is 0.813. The molecule has 0 amide bonds. The van der Waals surface area contributed by atoms with Gasteiger partial charge < -0.3 is 9.73 Å². The van der Waals surface area contributed by atoms with Crippen LogP contribution in [0.5, 0.6) is 0 Å². The molecule has 1 N–H and O–H groups in total. The van der Waals surface area contributed by atoms with E-state index >= 15 is 0 Å². The molecule has 4 heteroatoms. The first-order chi connectivity index (χ1) is 9.10. The van der Waals surface area contributed by atoms with Gasteiger partial charge in [0.2, 0.25) is 0 Å². The second kappa shape index (κ2) is 6.17. The molecule has 1 aromatic heterocycles. The normalized spacial score (nSPS) is 12.6. The van der Waals surface area contributed by atoms with Crippen LogP contribution in [0.1, 0.15) is 22.6 Å². The molecule has 0 saturated heterocycles. The lowest BCUT2D eigenvalue weighted by Gasteiger charge is -2.04. The van der Waals surface area contributed by atoms with Crippen LogP contribution in [0.3, 0.4) is 0 Å². The Bertz CT molecular complexity index is 590. The highest BCUT2D eigenvalue weighted by Gasteiger charge is 2.09. The standard InChI is InChI=1S/C15H19NO2S/c1-11-4-7-15(8-12(11)2)19(17)10-14-6-5-13(18-14)9-16-3/h4-8,16H,9-10H2,1-3H3. The molecule has 0 radical (unpaired) electrons. The fourth-order valence-corrected chi connectivity index (χ4v) is 2.95. The Kier molecular flexibility index (Phi) is 4.56. The minimum absolute atomic E-state index is 0.423. The van der Waals surface area contributed by atoms with Crippen molar-refractivity contribution >= 4 is 10.8 Å². The van der Waals surface area contributed by atoms with E-state index in [1.54, 1.807) is 0 Å². The quantitative estimate of drug-likeness (QED) is 0.913. The van der Waals surface area contributed by atoms with Crippen LogP contribution in [-0.4, -0.2) is 11.3 Å². The third-order valence-corrected chi connectivity index (χ3v) is 4.41. The molecule has 102 valence electrons. The number of furan rings is 1. The molecule has 0 aliphatic rings. The van der Waals surface area contributed by atoms with Crippen LogP contribution in [0.4, 0.5) is 0 Å². The highest BCUT2D eigenvalue weighted by atomic mass is 32.2. The SMILES string of the molecule is CNCc1ccc(CS(=O)c2ccc(C)c(C)c2)o1. The van der Waals surface area contributed by atoms with Crippen LogP contribution in [0.15, 0.2) is 39.6 Å². The number of hydrogen-bond acceptors (Lipinski definition) is 3. The van der Waals surface area contributed by atoms with Gasteiger partial charge in [-0.15, -0.1) is 0 Å². The van der Waals surface area contributed by atoms with Gasteiger partial charge in [-0.05, 0) is 56.3 Å². The third-order valence-electron chi connectivity index (χ3n) is 3.08. The van der Waals surface area contributed by atoms with Gasteiger partial charge in [0.05, 0.1) is 23.1 Å². The van der Waals surface area contributed by atoms with Crippen LogP contribution in [0.25, 0.3) is 0 Å². The van der Waals surface area contributed by atoms with Crippen molar-refractivity contribution in [2.45, 2.75) is 31.0 Å². The van der Waals surface area contributed by atoms with Crippen molar-refractivity contribution in [3.63, 3.8) is 0 Å². The van der Waals surface area contributed by atoms with E-state index in [1.807, 2.05) is 44.3 Å².